The summed E-state index contributed by atoms with van der Waals surface area (Å²) in [5, 5.41) is 6.18. The molecular formula is C18H11ClN4OS3. The number of carbonyl (C=O) groups excluding carboxylic acids is 1. The second-order valence-corrected chi connectivity index (χ2v) is 9.25. The van der Waals surface area contributed by atoms with Crippen LogP contribution in [0.3, 0.4) is 0 Å². The fourth-order valence-corrected chi connectivity index (χ4v) is 5.52. The van der Waals surface area contributed by atoms with Crippen LogP contribution in [0.1, 0.15) is 20.1 Å². The van der Waals surface area contributed by atoms with Gasteiger partial charge in [-0.15, -0.1) is 34.0 Å². The van der Waals surface area contributed by atoms with Crippen molar-refractivity contribution in [3.8, 4) is 0 Å². The number of nitrogens with one attached hydrogen (secondary N) is 1. The molecule has 0 aliphatic carbocycles. The zero-order chi connectivity index (χ0) is 18.4. The summed E-state index contributed by atoms with van der Waals surface area (Å²) in [6.07, 6.45) is 4.43. The van der Waals surface area contributed by atoms with Crippen LogP contribution in [0.2, 0.25) is 5.02 Å². The number of fused-ring (bicyclic) bond motifs is 3. The van der Waals surface area contributed by atoms with Crippen LogP contribution in [-0.2, 0) is 6.42 Å². The molecule has 134 valence electrons. The highest BCUT2D eigenvalue weighted by Gasteiger charge is 2.16. The van der Waals surface area contributed by atoms with Gasteiger partial charge in [0.1, 0.15) is 4.83 Å². The van der Waals surface area contributed by atoms with Gasteiger partial charge in [0, 0.05) is 34.1 Å². The van der Waals surface area contributed by atoms with Crippen LogP contribution in [0.15, 0.2) is 48.1 Å². The van der Waals surface area contributed by atoms with E-state index in [1.54, 1.807) is 17.5 Å². The normalized spacial score (nSPS) is 11.4. The van der Waals surface area contributed by atoms with Crippen LogP contribution in [0.4, 0.5) is 5.13 Å². The molecule has 0 unspecified atom stereocenters. The molecular weight excluding hydrogens is 420 g/mol. The molecule has 5 nitrogen and oxygen atoms in total. The van der Waals surface area contributed by atoms with Gasteiger partial charge in [0.15, 0.2) is 10.1 Å². The number of imidazole rings is 1. The van der Waals surface area contributed by atoms with Crippen LogP contribution in [-0.4, -0.2) is 20.3 Å². The molecule has 1 N–H and O–H groups in total. The minimum absolute atomic E-state index is 0.166. The van der Waals surface area contributed by atoms with Crippen molar-refractivity contribution in [1.29, 1.82) is 0 Å². The van der Waals surface area contributed by atoms with Gasteiger partial charge in [-0.25, -0.2) is 9.97 Å². The van der Waals surface area contributed by atoms with E-state index in [1.807, 2.05) is 46.3 Å². The van der Waals surface area contributed by atoms with Gasteiger partial charge in [0.2, 0.25) is 0 Å². The van der Waals surface area contributed by atoms with Crippen molar-refractivity contribution in [2.24, 2.45) is 0 Å². The highest BCUT2D eigenvalue weighted by Crippen LogP contribution is 2.30. The maximum Gasteiger partial charge on any atom is 0.267 e. The highest BCUT2D eigenvalue weighted by molar-refractivity contribution is 7.21. The molecule has 0 aliphatic rings. The molecule has 1 aromatic carbocycles. The summed E-state index contributed by atoms with van der Waals surface area (Å²) in [5.41, 5.74) is 2.00. The zero-order valence-corrected chi connectivity index (χ0v) is 16.9. The van der Waals surface area contributed by atoms with Crippen molar-refractivity contribution < 1.29 is 4.79 Å². The molecule has 0 aliphatic heterocycles. The number of carbonyl (C=O) groups is 1. The average molecular weight is 431 g/mol. The molecule has 5 rings (SSSR count). The van der Waals surface area contributed by atoms with Crippen molar-refractivity contribution in [2.45, 2.75) is 6.42 Å². The summed E-state index contributed by atoms with van der Waals surface area (Å²) < 4.78 is 2.00. The Morgan fingerprint density at radius 3 is 3.04 bits per heavy atom. The molecule has 9 heteroatoms. The summed E-state index contributed by atoms with van der Waals surface area (Å²) in [7, 11) is 0. The third kappa shape index (κ3) is 3.14. The van der Waals surface area contributed by atoms with E-state index in [4.69, 9.17) is 11.6 Å². The number of hydrogen-bond donors (Lipinski definition) is 1. The van der Waals surface area contributed by atoms with Crippen LogP contribution < -0.4 is 5.32 Å². The second kappa shape index (κ2) is 6.72. The smallest absolute Gasteiger partial charge is 0.267 e. The molecule has 4 heterocycles. The predicted molar refractivity (Wildman–Crippen MR) is 113 cm³/mol. The van der Waals surface area contributed by atoms with Gasteiger partial charge in [0.05, 0.1) is 10.4 Å². The van der Waals surface area contributed by atoms with Gasteiger partial charge in [-0.1, -0.05) is 29.8 Å². The molecule has 0 saturated carbocycles. The quantitative estimate of drug-likeness (QED) is 0.406. The second-order valence-electron chi connectivity index (χ2n) is 5.82. The Morgan fingerprint density at radius 1 is 1.26 bits per heavy atom. The predicted octanol–water partition coefficient (Wildman–Crippen LogP) is 5.56. The molecule has 0 saturated heterocycles. The number of benzene rings is 1. The Balaban J connectivity index is 1.34. The van der Waals surface area contributed by atoms with E-state index in [1.165, 1.54) is 22.7 Å². The highest BCUT2D eigenvalue weighted by atomic mass is 35.5. The van der Waals surface area contributed by atoms with Gasteiger partial charge in [-0.05, 0) is 17.7 Å². The monoisotopic (exact) mass is 430 g/mol. The lowest BCUT2D eigenvalue weighted by molar-refractivity contribution is 0.103. The summed E-state index contributed by atoms with van der Waals surface area (Å²) in [4.78, 5) is 24.9. The van der Waals surface area contributed by atoms with Gasteiger partial charge < -0.3 is 0 Å². The molecule has 0 fully saturated rings. The average Bonchev–Trinajstić information content (AvgIpc) is 3.39. The number of anilines is 1. The third-order valence-corrected chi connectivity index (χ3v) is 7.12. The molecule has 0 radical (unpaired) electrons. The zero-order valence-electron chi connectivity index (χ0n) is 13.7. The Kier molecular flexibility index (Phi) is 4.20. The van der Waals surface area contributed by atoms with E-state index < -0.39 is 0 Å². The largest absolute Gasteiger partial charge is 0.297 e. The number of hydrogen-bond acceptors (Lipinski definition) is 6. The van der Waals surface area contributed by atoms with Crippen LogP contribution >= 0.6 is 45.6 Å². The maximum atomic E-state index is 12.6. The number of aromatic nitrogens is 3. The maximum absolute atomic E-state index is 12.6. The lowest BCUT2D eigenvalue weighted by atomic mass is 10.1. The van der Waals surface area contributed by atoms with Gasteiger partial charge in [-0.3, -0.25) is 14.5 Å². The number of nitrogens with zero attached hydrogens (tertiary/aromatic N) is 3. The summed E-state index contributed by atoms with van der Waals surface area (Å²) in [5.74, 6) is -0.166. The minimum atomic E-state index is -0.166. The fraction of sp³-hybridized carbons (Fsp3) is 0.0556. The first-order valence-electron chi connectivity index (χ1n) is 8.02. The molecule has 27 heavy (non-hydrogen) atoms. The van der Waals surface area contributed by atoms with Gasteiger partial charge >= 0.3 is 0 Å². The van der Waals surface area contributed by atoms with E-state index in [0.717, 1.165) is 30.8 Å². The lowest BCUT2D eigenvalue weighted by Gasteiger charge is -2.01. The van der Waals surface area contributed by atoms with Crippen molar-refractivity contribution >= 4 is 72.0 Å². The molecule has 1 amide bonds. The summed E-state index contributed by atoms with van der Waals surface area (Å²) >= 11 is 10.6. The summed E-state index contributed by atoms with van der Waals surface area (Å²) in [6, 6.07) is 9.61. The third-order valence-electron chi connectivity index (χ3n) is 4.06. The van der Waals surface area contributed by atoms with Crippen LogP contribution in [0.5, 0.6) is 0 Å². The summed E-state index contributed by atoms with van der Waals surface area (Å²) in [6.45, 7) is 0. The van der Waals surface area contributed by atoms with E-state index >= 15 is 0 Å². The van der Waals surface area contributed by atoms with Crippen molar-refractivity contribution in [3.63, 3.8) is 0 Å². The standard InChI is InChI=1S/C18H11ClN4OS3/c19-12-4-2-1-3-10(12)7-11-9-20-17(26-11)21-15(24)14-8-13-16(27-14)22-18-23(13)5-6-25-18/h1-6,8-9H,7H2,(H,20,21,24). The number of thiazole rings is 2. The molecule has 5 aromatic rings. The van der Waals surface area contributed by atoms with Gasteiger partial charge in [-0.2, -0.15) is 0 Å². The van der Waals surface area contributed by atoms with Crippen molar-refractivity contribution in [1.82, 2.24) is 14.4 Å². The van der Waals surface area contributed by atoms with Crippen molar-refractivity contribution in [3.05, 3.63) is 68.4 Å². The van der Waals surface area contributed by atoms with E-state index in [-0.39, 0.29) is 5.91 Å². The number of thiophene rings is 1. The molecule has 4 aromatic heterocycles. The Hall–Kier alpha value is -2.26. The first-order valence-corrected chi connectivity index (χ1v) is 10.9. The lowest BCUT2D eigenvalue weighted by Crippen LogP contribution is -2.09. The molecule has 0 spiro atoms. The number of rotatable bonds is 4. The van der Waals surface area contributed by atoms with Crippen LogP contribution in [0.25, 0.3) is 15.3 Å². The number of halogens is 1. The minimum Gasteiger partial charge on any atom is -0.297 e. The van der Waals surface area contributed by atoms with Crippen molar-refractivity contribution in [2.75, 3.05) is 5.32 Å². The fourth-order valence-electron chi connectivity index (χ4n) is 2.79. The van der Waals surface area contributed by atoms with E-state index in [9.17, 15) is 4.79 Å². The molecule has 0 bridgehead atoms. The Bertz CT molecular complexity index is 1280. The topological polar surface area (TPSA) is 59.3 Å². The van der Waals surface area contributed by atoms with E-state index in [2.05, 4.69) is 15.3 Å². The Morgan fingerprint density at radius 2 is 2.15 bits per heavy atom. The molecule has 0 atom stereocenters. The SMILES string of the molecule is O=C(Nc1ncc(Cc2ccccc2Cl)s1)c1cc2c(nc3sccn32)s1. The van der Waals surface area contributed by atoms with E-state index in [0.29, 0.717) is 16.4 Å². The first-order chi connectivity index (χ1) is 13.2. The Labute approximate surface area is 170 Å². The first kappa shape index (κ1) is 16.9. The van der Waals surface area contributed by atoms with Crippen LogP contribution in [0, 0.1) is 0 Å². The van der Waals surface area contributed by atoms with Gasteiger partial charge in [0.25, 0.3) is 5.91 Å². The number of amides is 1.